The largest absolute Gasteiger partial charge is 0.493 e. The van der Waals surface area contributed by atoms with E-state index in [0.29, 0.717) is 18.9 Å². The van der Waals surface area contributed by atoms with E-state index in [0.717, 1.165) is 21.9 Å². The van der Waals surface area contributed by atoms with Crippen molar-refractivity contribution >= 4 is 11.6 Å². The molecule has 1 unspecified atom stereocenters. The molecule has 17 heavy (non-hydrogen) atoms. The molecule has 94 valence electrons. The molecule has 0 amide bonds. The fourth-order valence-corrected chi connectivity index (χ4v) is 2.11. The van der Waals surface area contributed by atoms with Crippen LogP contribution in [-0.2, 0) is 0 Å². The second-order valence-electron chi connectivity index (χ2n) is 4.91. The Morgan fingerprint density at radius 3 is 2.47 bits per heavy atom. The molecule has 1 saturated carbocycles. The third-order valence-corrected chi connectivity index (χ3v) is 3.85. The van der Waals surface area contributed by atoms with Gasteiger partial charge in [0.05, 0.1) is 12.7 Å². The van der Waals surface area contributed by atoms with Gasteiger partial charge in [-0.1, -0.05) is 11.6 Å². The molecule has 0 bridgehead atoms. The Balaban J connectivity index is 1.86. The first-order chi connectivity index (χ1) is 8.08. The molecule has 1 fully saturated rings. The molecule has 0 aliphatic heterocycles. The topological polar surface area (TPSA) is 29.5 Å². The molecule has 2 nitrogen and oxygen atoms in total. The Kier molecular flexibility index (Phi) is 3.95. The van der Waals surface area contributed by atoms with Crippen LogP contribution in [0.15, 0.2) is 12.1 Å². The highest BCUT2D eigenvalue weighted by atomic mass is 35.5. The Bertz CT molecular complexity index is 376. The summed E-state index contributed by atoms with van der Waals surface area (Å²) >= 11 is 6.09. The SMILES string of the molecule is Cc1cc(OCCC(O)C2CC2)cc(C)c1Cl. The van der Waals surface area contributed by atoms with E-state index in [4.69, 9.17) is 16.3 Å². The Morgan fingerprint density at radius 2 is 1.94 bits per heavy atom. The van der Waals surface area contributed by atoms with E-state index in [-0.39, 0.29) is 6.10 Å². The summed E-state index contributed by atoms with van der Waals surface area (Å²) in [6.45, 7) is 4.51. The summed E-state index contributed by atoms with van der Waals surface area (Å²) in [6.07, 6.45) is 2.86. The predicted molar refractivity (Wildman–Crippen MR) is 69.8 cm³/mol. The molecule has 0 saturated heterocycles. The van der Waals surface area contributed by atoms with Gasteiger partial charge < -0.3 is 9.84 Å². The van der Waals surface area contributed by atoms with Gasteiger partial charge in [0, 0.05) is 11.4 Å². The van der Waals surface area contributed by atoms with E-state index in [1.165, 1.54) is 12.8 Å². The Hall–Kier alpha value is -0.730. The fourth-order valence-electron chi connectivity index (χ4n) is 2.00. The normalized spacial score (nSPS) is 16.9. The van der Waals surface area contributed by atoms with Crippen molar-refractivity contribution in [2.24, 2.45) is 5.92 Å². The Morgan fingerprint density at radius 1 is 1.35 bits per heavy atom. The van der Waals surface area contributed by atoms with Crippen molar-refractivity contribution in [3.8, 4) is 5.75 Å². The molecule has 1 N–H and O–H groups in total. The number of aryl methyl sites for hydroxylation is 2. The van der Waals surface area contributed by atoms with Crippen molar-refractivity contribution in [2.45, 2.75) is 39.2 Å². The van der Waals surface area contributed by atoms with E-state index in [1.54, 1.807) is 0 Å². The first kappa shape index (κ1) is 12.7. The van der Waals surface area contributed by atoms with Gasteiger partial charge in [-0.25, -0.2) is 0 Å². The van der Waals surface area contributed by atoms with E-state index < -0.39 is 0 Å². The monoisotopic (exact) mass is 254 g/mol. The molecule has 0 heterocycles. The van der Waals surface area contributed by atoms with Crippen LogP contribution in [0.25, 0.3) is 0 Å². The minimum atomic E-state index is -0.190. The maximum atomic E-state index is 9.72. The zero-order chi connectivity index (χ0) is 12.4. The third-order valence-electron chi connectivity index (χ3n) is 3.26. The molecule has 1 aromatic carbocycles. The number of aliphatic hydroxyl groups is 1. The second-order valence-corrected chi connectivity index (χ2v) is 5.29. The predicted octanol–water partition coefficient (Wildman–Crippen LogP) is 3.50. The first-order valence-electron chi connectivity index (χ1n) is 6.15. The molecule has 0 radical (unpaired) electrons. The van der Waals surface area contributed by atoms with Gasteiger partial charge in [0.15, 0.2) is 0 Å². The molecule has 1 aliphatic rings. The van der Waals surface area contributed by atoms with Gasteiger partial charge in [-0.3, -0.25) is 0 Å². The lowest BCUT2D eigenvalue weighted by atomic mass is 10.1. The summed E-state index contributed by atoms with van der Waals surface area (Å²) < 4.78 is 5.65. The van der Waals surface area contributed by atoms with Crippen LogP contribution in [0.2, 0.25) is 5.02 Å². The summed E-state index contributed by atoms with van der Waals surface area (Å²) in [5.41, 5.74) is 2.06. The fraction of sp³-hybridized carbons (Fsp3) is 0.571. The van der Waals surface area contributed by atoms with Crippen molar-refractivity contribution in [1.82, 2.24) is 0 Å². The molecule has 1 atom stereocenters. The number of ether oxygens (including phenoxy) is 1. The summed E-state index contributed by atoms with van der Waals surface area (Å²) in [6, 6.07) is 3.89. The summed E-state index contributed by atoms with van der Waals surface area (Å²) in [7, 11) is 0. The van der Waals surface area contributed by atoms with Crippen LogP contribution in [-0.4, -0.2) is 17.8 Å². The van der Waals surface area contributed by atoms with Gasteiger partial charge in [-0.05, 0) is 55.9 Å². The average Bonchev–Trinajstić information content (AvgIpc) is 3.09. The van der Waals surface area contributed by atoms with Crippen LogP contribution in [0.3, 0.4) is 0 Å². The summed E-state index contributed by atoms with van der Waals surface area (Å²) in [5, 5.41) is 10.5. The van der Waals surface area contributed by atoms with Crippen molar-refractivity contribution in [2.75, 3.05) is 6.61 Å². The van der Waals surface area contributed by atoms with Gasteiger partial charge in [-0.2, -0.15) is 0 Å². The molecule has 0 aromatic heterocycles. The number of aliphatic hydroxyl groups excluding tert-OH is 1. The Labute approximate surface area is 108 Å². The first-order valence-corrected chi connectivity index (χ1v) is 6.53. The minimum Gasteiger partial charge on any atom is -0.493 e. The van der Waals surface area contributed by atoms with Crippen LogP contribution in [0.4, 0.5) is 0 Å². The highest BCUT2D eigenvalue weighted by Crippen LogP contribution is 2.34. The summed E-state index contributed by atoms with van der Waals surface area (Å²) in [4.78, 5) is 0. The van der Waals surface area contributed by atoms with Gasteiger partial charge in [0.1, 0.15) is 5.75 Å². The minimum absolute atomic E-state index is 0.190. The third kappa shape index (κ3) is 3.36. The number of benzene rings is 1. The van der Waals surface area contributed by atoms with Crippen molar-refractivity contribution in [3.63, 3.8) is 0 Å². The van der Waals surface area contributed by atoms with Crippen LogP contribution < -0.4 is 4.74 Å². The van der Waals surface area contributed by atoms with Crippen LogP contribution in [0.1, 0.15) is 30.4 Å². The zero-order valence-electron chi connectivity index (χ0n) is 10.4. The van der Waals surface area contributed by atoms with Gasteiger partial charge >= 0.3 is 0 Å². The zero-order valence-corrected chi connectivity index (χ0v) is 11.1. The highest BCUT2D eigenvalue weighted by molar-refractivity contribution is 6.32. The van der Waals surface area contributed by atoms with Crippen molar-refractivity contribution < 1.29 is 9.84 Å². The number of rotatable bonds is 5. The quantitative estimate of drug-likeness (QED) is 0.872. The highest BCUT2D eigenvalue weighted by Gasteiger charge is 2.29. The van der Waals surface area contributed by atoms with E-state index in [1.807, 2.05) is 26.0 Å². The molecule has 3 heteroatoms. The van der Waals surface area contributed by atoms with E-state index >= 15 is 0 Å². The van der Waals surface area contributed by atoms with Crippen molar-refractivity contribution in [3.05, 3.63) is 28.3 Å². The average molecular weight is 255 g/mol. The van der Waals surface area contributed by atoms with Crippen molar-refractivity contribution in [1.29, 1.82) is 0 Å². The maximum absolute atomic E-state index is 9.72. The summed E-state index contributed by atoms with van der Waals surface area (Å²) in [5.74, 6) is 1.36. The molecule has 1 aliphatic carbocycles. The lowest BCUT2D eigenvalue weighted by molar-refractivity contribution is 0.119. The molecule has 0 spiro atoms. The van der Waals surface area contributed by atoms with E-state index in [9.17, 15) is 5.11 Å². The molecule has 2 rings (SSSR count). The number of halogens is 1. The maximum Gasteiger partial charge on any atom is 0.119 e. The number of hydrogen-bond acceptors (Lipinski definition) is 2. The van der Waals surface area contributed by atoms with E-state index in [2.05, 4.69) is 0 Å². The van der Waals surface area contributed by atoms with Gasteiger partial charge in [-0.15, -0.1) is 0 Å². The number of hydrogen-bond donors (Lipinski definition) is 1. The van der Waals surface area contributed by atoms with Gasteiger partial charge in [0.2, 0.25) is 0 Å². The lowest BCUT2D eigenvalue weighted by Crippen LogP contribution is -2.13. The smallest absolute Gasteiger partial charge is 0.119 e. The van der Waals surface area contributed by atoms with Crippen LogP contribution in [0, 0.1) is 19.8 Å². The van der Waals surface area contributed by atoms with Crippen LogP contribution >= 0.6 is 11.6 Å². The molecule has 1 aromatic rings. The lowest BCUT2D eigenvalue weighted by Gasteiger charge is -2.12. The molecular weight excluding hydrogens is 236 g/mol. The van der Waals surface area contributed by atoms with Crippen LogP contribution in [0.5, 0.6) is 5.75 Å². The molecular formula is C14H19ClO2. The van der Waals surface area contributed by atoms with Gasteiger partial charge in [0.25, 0.3) is 0 Å². The standard InChI is InChI=1S/C14H19ClO2/c1-9-7-12(8-10(2)14(9)15)17-6-5-13(16)11-3-4-11/h7-8,11,13,16H,3-6H2,1-2H3. The second kappa shape index (κ2) is 5.28.